The van der Waals surface area contributed by atoms with E-state index in [-0.39, 0.29) is 10.7 Å². The fraction of sp³-hybridized carbons (Fsp3) is 0.167. The molecule has 0 aliphatic heterocycles. The zero-order valence-electron chi connectivity index (χ0n) is 5.86. The van der Waals surface area contributed by atoms with E-state index in [1.165, 1.54) is 6.20 Å². The van der Waals surface area contributed by atoms with Crippen molar-refractivity contribution in [3.8, 4) is 0 Å². The van der Waals surface area contributed by atoms with Crippen LogP contribution in [0.3, 0.4) is 0 Å². The first-order valence-corrected chi connectivity index (χ1v) is 4.01. The number of hydrogen-bond donors (Lipinski definition) is 2. The summed E-state index contributed by atoms with van der Waals surface area (Å²) in [6.07, 6.45) is 1.17. The second-order valence-corrected chi connectivity index (χ2v) is 2.63. The zero-order valence-corrected chi connectivity index (χ0v) is 7.51. The van der Waals surface area contributed by atoms with Crippen LogP contribution in [0, 0.1) is 0 Å². The molecule has 1 rings (SSSR count). The van der Waals surface area contributed by atoms with E-state index < -0.39 is 5.97 Å². The summed E-state index contributed by atoms with van der Waals surface area (Å²) in [7, 11) is 0. The smallest absolute Gasteiger partial charge is 0.340 e. The third-order valence-corrected chi connectivity index (χ3v) is 1.73. The molecule has 0 saturated heterocycles. The molecule has 0 aromatic carbocycles. The summed E-state index contributed by atoms with van der Waals surface area (Å²) in [6, 6.07) is 0. The molecule has 0 amide bonds. The average molecular weight is 205 g/mol. The molecule has 4 nitrogen and oxygen atoms in total. The lowest BCUT2D eigenvalue weighted by Gasteiger charge is -1.98. The van der Waals surface area contributed by atoms with Crippen molar-refractivity contribution in [1.82, 2.24) is 9.97 Å². The molecule has 0 atom stereocenters. The van der Waals surface area contributed by atoms with Crippen LogP contribution in [0.5, 0.6) is 0 Å². The Labute approximate surface area is 79.0 Å². The predicted octanol–water partition coefficient (Wildman–Crippen LogP) is 1.26. The van der Waals surface area contributed by atoms with Gasteiger partial charge in [-0.3, -0.25) is 0 Å². The fourth-order valence-electron chi connectivity index (χ4n) is 0.614. The number of rotatable bonds is 2. The van der Waals surface area contributed by atoms with Gasteiger partial charge >= 0.3 is 5.97 Å². The van der Waals surface area contributed by atoms with Gasteiger partial charge in [0.2, 0.25) is 0 Å². The number of aromatic nitrogens is 2. The van der Waals surface area contributed by atoms with E-state index in [1.54, 1.807) is 0 Å². The topological polar surface area (TPSA) is 63.1 Å². The minimum absolute atomic E-state index is 0.0541. The second kappa shape index (κ2) is 3.73. The second-order valence-electron chi connectivity index (χ2n) is 1.95. The number of carbonyl (C=O) groups is 1. The van der Waals surface area contributed by atoms with Crippen molar-refractivity contribution in [1.29, 1.82) is 0 Å². The van der Waals surface area contributed by atoms with E-state index in [2.05, 4.69) is 22.6 Å². The molecule has 6 heteroatoms. The van der Waals surface area contributed by atoms with Crippen LogP contribution in [-0.4, -0.2) is 21.0 Å². The van der Waals surface area contributed by atoms with Gasteiger partial charge in [-0.25, -0.2) is 14.8 Å². The molecule has 64 valence electrons. The maximum Gasteiger partial charge on any atom is 0.340 e. The highest BCUT2D eigenvalue weighted by molar-refractivity contribution is 7.79. The SMILES string of the molecule is O=C(O)c1cnc(CS)nc1Cl. The molecule has 0 unspecified atom stereocenters. The number of aromatic carboxylic acids is 1. The summed E-state index contributed by atoms with van der Waals surface area (Å²) in [5, 5.41) is 8.49. The van der Waals surface area contributed by atoms with Gasteiger partial charge in [0.1, 0.15) is 16.5 Å². The minimum Gasteiger partial charge on any atom is -0.478 e. The molecule has 12 heavy (non-hydrogen) atoms. The van der Waals surface area contributed by atoms with Crippen molar-refractivity contribution >= 4 is 30.2 Å². The lowest BCUT2D eigenvalue weighted by Crippen LogP contribution is -2.02. The summed E-state index contributed by atoms with van der Waals surface area (Å²) in [5.41, 5.74) is -0.0952. The van der Waals surface area contributed by atoms with Gasteiger partial charge in [-0.2, -0.15) is 12.6 Å². The lowest BCUT2D eigenvalue weighted by molar-refractivity contribution is 0.0696. The van der Waals surface area contributed by atoms with Crippen molar-refractivity contribution in [3.05, 3.63) is 22.7 Å². The van der Waals surface area contributed by atoms with Gasteiger partial charge in [-0.1, -0.05) is 11.6 Å². The Morgan fingerprint density at radius 2 is 2.42 bits per heavy atom. The molecule has 1 aromatic heterocycles. The monoisotopic (exact) mass is 204 g/mol. The Morgan fingerprint density at radius 3 is 2.83 bits per heavy atom. The maximum absolute atomic E-state index is 10.4. The van der Waals surface area contributed by atoms with Crippen LogP contribution >= 0.6 is 24.2 Å². The number of hydrogen-bond acceptors (Lipinski definition) is 4. The summed E-state index contributed by atoms with van der Waals surface area (Å²) < 4.78 is 0. The lowest BCUT2D eigenvalue weighted by atomic mass is 10.3. The zero-order chi connectivity index (χ0) is 9.14. The summed E-state index contributed by atoms with van der Waals surface area (Å²) in [6.45, 7) is 0. The van der Waals surface area contributed by atoms with E-state index in [0.29, 0.717) is 11.6 Å². The molecule has 0 aliphatic rings. The molecule has 0 radical (unpaired) electrons. The van der Waals surface area contributed by atoms with Gasteiger partial charge < -0.3 is 5.11 Å². The van der Waals surface area contributed by atoms with E-state index in [4.69, 9.17) is 16.7 Å². The standard InChI is InChI=1S/C6H5ClN2O2S/c7-5-3(6(10)11)1-8-4(2-12)9-5/h1,12H,2H2,(H,10,11). The Morgan fingerprint density at radius 1 is 1.75 bits per heavy atom. The van der Waals surface area contributed by atoms with Crippen LogP contribution in [-0.2, 0) is 5.75 Å². The first kappa shape index (κ1) is 9.28. The number of carboxylic acid groups (broad SMARTS) is 1. The van der Waals surface area contributed by atoms with Gasteiger partial charge in [-0.05, 0) is 0 Å². The molecule has 0 bridgehead atoms. The summed E-state index contributed by atoms with van der Waals surface area (Å²) in [5.74, 6) is -0.390. The van der Waals surface area contributed by atoms with Crippen LogP contribution < -0.4 is 0 Å². The number of thiol groups is 1. The summed E-state index contributed by atoms with van der Waals surface area (Å²) >= 11 is 9.45. The highest BCUT2D eigenvalue weighted by Crippen LogP contribution is 2.12. The van der Waals surface area contributed by atoms with E-state index >= 15 is 0 Å². The first-order valence-electron chi connectivity index (χ1n) is 3.00. The number of nitrogens with zero attached hydrogens (tertiary/aromatic N) is 2. The van der Waals surface area contributed by atoms with Gasteiger partial charge in [0.15, 0.2) is 0 Å². The van der Waals surface area contributed by atoms with Crippen molar-refractivity contribution in [2.24, 2.45) is 0 Å². The first-order chi connectivity index (χ1) is 5.65. The predicted molar refractivity (Wildman–Crippen MR) is 46.7 cm³/mol. The van der Waals surface area contributed by atoms with Crippen molar-refractivity contribution < 1.29 is 9.90 Å². The Bertz CT molecular complexity index is 318. The third-order valence-electron chi connectivity index (χ3n) is 1.16. The van der Waals surface area contributed by atoms with E-state index in [0.717, 1.165) is 0 Å². The van der Waals surface area contributed by atoms with Crippen LogP contribution in [0.25, 0.3) is 0 Å². The fourth-order valence-corrected chi connectivity index (χ4v) is 0.994. The maximum atomic E-state index is 10.4. The van der Waals surface area contributed by atoms with Gasteiger partial charge in [0.25, 0.3) is 0 Å². The Hall–Kier alpha value is -0.810. The van der Waals surface area contributed by atoms with Crippen LogP contribution in [0.2, 0.25) is 5.15 Å². The van der Waals surface area contributed by atoms with Crippen molar-refractivity contribution in [2.75, 3.05) is 0 Å². The molecular formula is C6H5ClN2O2S. The Kier molecular flexibility index (Phi) is 2.88. The van der Waals surface area contributed by atoms with Gasteiger partial charge in [0.05, 0.1) is 5.75 Å². The van der Waals surface area contributed by atoms with Gasteiger partial charge in [0, 0.05) is 6.20 Å². The highest BCUT2D eigenvalue weighted by Gasteiger charge is 2.10. The minimum atomic E-state index is -1.13. The molecule has 0 fully saturated rings. The highest BCUT2D eigenvalue weighted by atomic mass is 35.5. The average Bonchev–Trinajstić information content (AvgIpc) is 2.03. The number of carboxylic acids is 1. The largest absolute Gasteiger partial charge is 0.478 e. The van der Waals surface area contributed by atoms with Gasteiger partial charge in [-0.15, -0.1) is 0 Å². The molecule has 0 spiro atoms. The quantitative estimate of drug-likeness (QED) is 0.562. The molecule has 0 aliphatic carbocycles. The van der Waals surface area contributed by atoms with Crippen molar-refractivity contribution in [2.45, 2.75) is 5.75 Å². The van der Waals surface area contributed by atoms with Crippen molar-refractivity contribution in [3.63, 3.8) is 0 Å². The van der Waals surface area contributed by atoms with Crippen LogP contribution in [0.15, 0.2) is 6.20 Å². The summed E-state index contributed by atoms with van der Waals surface area (Å²) in [4.78, 5) is 17.9. The third kappa shape index (κ3) is 1.86. The normalized spacial score (nSPS) is 9.83. The molecular weight excluding hydrogens is 200 g/mol. The van der Waals surface area contributed by atoms with Crippen LogP contribution in [0.4, 0.5) is 0 Å². The van der Waals surface area contributed by atoms with Crippen LogP contribution in [0.1, 0.15) is 16.2 Å². The molecule has 0 saturated carbocycles. The van der Waals surface area contributed by atoms with E-state index in [9.17, 15) is 4.79 Å². The number of halogens is 1. The molecule has 1 aromatic rings. The Balaban J connectivity index is 3.12. The molecule has 1 heterocycles. The van der Waals surface area contributed by atoms with E-state index in [1.807, 2.05) is 0 Å². The molecule has 1 N–H and O–H groups in total.